The average Bonchev–Trinajstić information content (AvgIpc) is 2.81. The Labute approximate surface area is 226 Å². The molecule has 8 heteroatoms. The molecule has 0 amide bonds. The summed E-state index contributed by atoms with van der Waals surface area (Å²) in [7, 11) is 0. The van der Waals surface area contributed by atoms with E-state index in [1.54, 1.807) is 13.8 Å². The van der Waals surface area contributed by atoms with Crippen molar-refractivity contribution in [2.45, 2.75) is 129 Å². The minimum Gasteiger partial charge on any atom is -0.507 e. The molecule has 2 aliphatic heterocycles. The molecule has 0 bridgehead atoms. The van der Waals surface area contributed by atoms with Crippen LogP contribution in [0.1, 0.15) is 111 Å². The maximum absolute atomic E-state index is 11.8. The summed E-state index contributed by atoms with van der Waals surface area (Å²) in [6, 6.07) is 1.47. The number of carbonyl (C=O) groups is 1. The van der Waals surface area contributed by atoms with Gasteiger partial charge in [0.25, 0.3) is 0 Å². The van der Waals surface area contributed by atoms with E-state index in [-0.39, 0.29) is 40.9 Å². The Morgan fingerprint density at radius 1 is 1.21 bits per heavy atom. The minimum absolute atomic E-state index is 0.0223. The summed E-state index contributed by atoms with van der Waals surface area (Å²) in [5.74, 6) is -1.40. The zero-order valence-corrected chi connectivity index (χ0v) is 24.1. The van der Waals surface area contributed by atoms with E-state index in [1.807, 2.05) is 27.7 Å². The van der Waals surface area contributed by atoms with Crippen molar-refractivity contribution in [2.24, 2.45) is 17.3 Å². The summed E-state index contributed by atoms with van der Waals surface area (Å²) < 4.78 is 18.6. The van der Waals surface area contributed by atoms with Gasteiger partial charge in [-0.3, -0.25) is 4.79 Å². The molecule has 2 heterocycles. The fraction of sp³-hybridized carbons (Fsp3) is 0.767. The first-order valence-corrected chi connectivity index (χ1v) is 14.1. The van der Waals surface area contributed by atoms with Crippen molar-refractivity contribution in [1.29, 1.82) is 0 Å². The second-order valence-electron chi connectivity index (χ2n) is 13.0. The van der Waals surface area contributed by atoms with Crippen LogP contribution in [-0.2, 0) is 14.3 Å². The SMILES string of the molecule is CC[C@H](C)[C@@H](OC(C)=O)[C@H](C)c1cc(O)c2c(c1O)O[C@]1(C)CC[C@H]3O[C@@H](C(C)(C)O)CC[C@]3(C)[C@H]1[C@@H]2O. The largest absolute Gasteiger partial charge is 0.507 e. The Morgan fingerprint density at radius 3 is 2.45 bits per heavy atom. The third-order valence-corrected chi connectivity index (χ3v) is 9.81. The van der Waals surface area contributed by atoms with E-state index in [1.165, 1.54) is 13.0 Å². The van der Waals surface area contributed by atoms with Crippen LogP contribution in [0.3, 0.4) is 0 Å². The second kappa shape index (κ2) is 9.86. The van der Waals surface area contributed by atoms with Gasteiger partial charge in [-0.25, -0.2) is 0 Å². The number of benzene rings is 1. The zero-order chi connectivity index (χ0) is 28.4. The molecule has 38 heavy (non-hydrogen) atoms. The van der Waals surface area contributed by atoms with Crippen molar-refractivity contribution in [3.8, 4) is 17.2 Å². The average molecular weight is 535 g/mol. The van der Waals surface area contributed by atoms with Gasteiger partial charge in [0.2, 0.25) is 0 Å². The number of phenolic OH excluding ortho intramolecular Hbond substituents is 2. The van der Waals surface area contributed by atoms with Crippen molar-refractivity contribution in [2.75, 3.05) is 0 Å². The molecule has 4 rings (SSSR count). The van der Waals surface area contributed by atoms with E-state index in [9.17, 15) is 25.2 Å². The van der Waals surface area contributed by atoms with E-state index in [4.69, 9.17) is 14.2 Å². The summed E-state index contributed by atoms with van der Waals surface area (Å²) in [5, 5.41) is 45.1. The maximum Gasteiger partial charge on any atom is 0.302 e. The Morgan fingerprint density at radius 2 is 1.87 bits per heavy atom. The Kier molecular flexibility index (Phi) is 7.52. The number of hydrogen-bond donors (Lipinski definition) is 4. The van der Waals surface area contributed by atoms with Gasteiger partial charge in [0.1, 0.15) is 17.5 Å². The highest BCUT2D eigenvalue weighted by Crippen LogP contribution is 2.64. The fourth-order valence-corrected chi connectivity index (χ4v) is 7.49. The first kappa shape index (κ1) is 29.0. The Balaban J connectivity index is 1.74. The number of rotatable bonds is 6. The van der Waals surface area contributed by atoms with Crippen LogP contribution >= 0.6 is 0 Å². The van der Waals surface area contributed by atoms with Crippen LogP contribution < -0.4 is 4.74 Å². The number of aliphatic hydroxyl groups excluding tert-OH is 1. The quantitative estimate of drug-likeness (QED) is 0.293. The molecule has 0 radical (unpaired) electrons. The lowest BCUT2D eigenvalue weighted by Gasteiger charge is -2.61. The first-order valence-electron chi connectivity index (χ1n) is 14.1. The van der Waals surface area contributed by atoms with Crippen molar-refractivity contribution in [3.05, 3.63) is 17.2 Å². The maximum atomic E-state index is 11.8. The molecule has 8 nitrogen and oxygen atoms in total. The van der Waals surface area contributed by atoms with Gasteiger partial charge in [-0.1, -0.05) is 34.1 Å². The molecular formula is C30H46O8. The molecule has 0 spiro atoms. The zero-order valence-electron chi connectivity index (χ0n) is 24.1. The molecule has 1 saturated carbocycles. The van der Waals surface area contributed by atoms with Gasteiger partial charge in [-0.2, -0.15) is 0 Å². The summed E-state index contributed by atoms with van der Waals surface area (Å²) in [4.78, 5) is 11.8. The molecular weight excluding hydrogens is 488 g/mol. The van der Waals surface area contributed by atoms with Crippen molar-refractivity contribution < 1.29 is 39.4 Å². The van der Waals surface area contributed by atoms with E-state index in [0.717, 1.165) is 12.8 Å². The molecule has 1 saturated heterocycles. The summed E-state index contributed by atoms with van der Waals surface area (Å²) in [6.45, 7) is 14.8. The Bertz CT molecular complexity index is 1060. The van der Waals surface area contributed by atoms with Crippen LogP contribution in [0.25, 0.3) is 0 Å². The van der Waals surface area contributed by atoms with Gasteiger partial charge in [-0.15, -0.1) is 0 Å². The first-order chi connectivity index (χ1) is 17.5. The van der Waals surface area contributed by atoms with Gasteiger partial charge in [0.15, 0.2) is 11.5 Å². The monoisotopic (exact) mass is 534 g/mol. The fourth-order valence-electron chi connectivity index (χ4n) is 7.49. The number of ether oxygens (including phenoxy) is 3. The topological polar surface area (TPSA) is 126 Å². The van der Waals surface area contributed by atoms with E-state index < -0.39 is 46.6 Å². The van der Waals surface area contributed by atoms with Crippen LogP contribution in [0.4, 0.5) is 0 Å². The van der Waals surface area contributed by atoms with Crippen LogP contribution in [0, 0.1) is 17.3 Å². The molecule has 9 atom stereocenters. The smallest absolute Gasteiger partial charge is 0.302 e. The van der Waals surface area contributed by atoms with Crippen molar-refractivity contribution in [3.63, 3.8) is 0 Å². The summed E-state index contributed by atoms with van der Waals surface area (Å²) >= 11 is 0. The van der Waals surface area contributed by atoms with Gasteiger partial charge in [0.05, 0.1) is 29.5 Å². The van der Waals surface area contributed by atoms with Gasteiger partial charge in [0, 0.05) is 29.7 Å². The highest BCUT2D eigenvalue weighted by atomic mass is 16.5. The lowest BCUT2D eigenvalue weighted by molar-refractivity contribution is -0.256. The van der Waals surface area contributed by atoms with Crippen molar-refractivity contribution >= 4 is 5.97 Å². The molecule has 1 aromatic carbocycles. The number of aromatic hydroxyl groups is 2. The number of hydrogen-bond acceptors (Lipinski definition) is 8. The Hall–Kier alpha value is -2.03. The van der Waals surface area contributed by atoms with E-state index >= 15 is 0 Å². The number of esters is 1. The van der Waals surface area contributed by atoms with Crippen LogP contribution in [0.2, 0.25) is 0 Å². The predicted octanol–water partition coefficient (Wildman–Crippen LogP) is 5.10. The standard InChI is InChI=1S/C30H46O8/c1-9-15(2)25(36-17(4)31)16(3)18-14-19(32)22-24(34)27-29(7)12-10-20(28(5,6)35)37-21(29)11-13-30(27,8)38-26(22)23(18)33/h14-16,20-21,24-25,27,32-35H,9-13H2,1-8H3/t15-,16+,20+,21+,24+,25+,27+,29-,30+/m0/s1. The highest BCUT2D eigenvalue weighted by Gasteiger charge is 2.63. The number of phenols is 2. The van der Waals surface area contributed by atoms with Crippen LogP contribution in [0.5, 0.6) is 17.2 Å². The predicted molar refractivity (Wildman–Crippen MR) is 142 cm³/mol. The van der Waals surface area contributed by atoms with E-state index in [2.05, 4.69) is 6.92 Å². The number of aliphatic hydroxyl groups is 2. The third-order valence-electron chi connectivity index (χ3n) is 9.81. The van der Waals surface area contributed by atoms with Gasteiger partial charge < -0.3 is 34.6 Å². The third kappa shape index (κ3) is 4.66. The molecule has 0 unspecified atom stereocenters. The molecule has 2 fully saturated rings. The summed E-state index contributed by atoms with van der Waals surface area (Å²) in [5.41, 5.74) is -1.64. The van der Waals surface area contributed by atoms with Crippen LogP contribution in [0.15, 0.2) is 6.07 Å². The van der Waals surface area contributed by atoms with Crippen molar-refractivity contribution in [1.82, 2.24) is 0 Å². The second-order valence-corrected chi connectivity index (χ2v) is 13.0. The minimum atomic E-state index is -1.09. The highest BCUT2D eigenvalue weighted by molar-refractivity contribution is 5.66. The lowest BCUT2D eigenvalue weighted by atomic mass is 9.53. The molecule has 214 valence electrons. The van der Waals surface area contributed by atoms with Gasteiger partial charge in [-0.05, 0) is 58.4 Å². The molecule has 3 aliphatic rings. The normalized spacial score (nSPS) is 35.1. The molecule has 1 aromatic rings. The molecule has 1 aliphatic carbocycles. The molecule has 0 aromatic heterocycles. The van der Waals surface area contributed by atoms with E-state index in [0.29, 0.717) is 24.8 Å². The van der Waals surface area contributed by atoms with Crippen LogP contribution in [-0.4, -0.2) is 55.9 Å². The van der Waals surface area contributed by atoms with Gasteiger partial charge >= 0.3 is 5.97 Å². The summed E-state index contributed by atoms with van der Waals surface area (Å²) in [6.07, 6.45) is 1.33. The molecule has 4 N–H and O–H groups in total. The number of carbonyl (C=O) groups excluding carboxylic acids is 1. The number of fused-ring (bicyclic) bond motifs is 4. The lowest BCUT2D eigenvalue weighted by Crippen LogP contribution is -2.64.